The third-order valence-electron chi connectivity index (χ3n) is 11.7. The van der Waals surface area contributed by atoms with E-state index in [1.54, 1.807) is 0 Å². The highest BCUT2D eigenvalue weighted by Crippen LogP contribution is 2.41. The van der Waals surface area contributed by atoms with E-state index in [-0.39, 0.29) is 0 Å². The van der Waals surface area contributed by atoms with Crippen LogP contribution in [-0.4, -0.2) is 19.5 Å². The molecule has 7 aromatic rings. The largest absolute Gasteiger partial charge is 0.437 e. The Labute approximate surface area is 302 Å². The molecule has 0 spiro atoms. The molecule has 3 aromatic carbocycles. The molecule has 51 heavy (non-hydrogen) atoms. The molecule has 0 radical (unpaired) electrons. The third kappa shape index (κ3) is 5.93. The van der Waals surface area contributed by atoms with Crippen molar-refractivity contribution in [2.45, 2.75) is 118 Å². The van der Waals surface area contributed by atoms with Crippen LogP contribution >= 0.6 is 0 Å². The van der Waals surface area contributed by atoms with Gasteiger partial charge in [-0.1, -0.05) is 97.7 Å². The van der Waals surface area contributed by atoms with Gasteiger partial charge in [0.2, 0.25) is 5.71 Å². The number of hydrogen-bond donors (Lipinski definition) is 0. The molecule has 5 nitrogen and oxygen atoms in total. The second kappa shape index (κ2) is 13.2. The van der Waals surface area contributed by atoms with Gasteiger partial charge in [-0.25, -0.2) is 9.97 Å². The van der Waals surface area contributed by atoms with Gasteiger partial charge in [0.1, 0.15) is 11.4 Å². The fourth-order valence-electron chi connectivity index (χ4n) is 8.76. The van der Waals surface area contributed by atoms with Crippen molar-refractivity contribution in [3.8, 4) is 11.4 Å². The monoisotopic (exact) mass is 676 g/mol. The van der Waals surface area contributed by atoms with Crippen LogP contribution in [0.2, 0.25) is 0 Å². The molecule has 0 aliphatic heterocycles. The number of pyridine rings is 2. The van der Waals surface area contributed by atoms with Crippen LogP contribution in [-0.2, 0) is 13.0 Å². The minimum Gasteiger partial charge on any atom is -0.437 e. The number of rotatable bonds is 9. The molecule has 0 N–H and O–H groups in total. The summed E-state index contributed by atoms with van der Waals surface area (Å²) in [6.07, 6.45) is 6.16. The molecule has 0 saturated heterocycles. The Bertz CT molecular complexity index is 2370. The van der Waals surface area contributed by atoms with E-state index >= 15 is 0 Å². The molecule has 0 amide bonds. The van der Waals surface area contributed by atoms with Gasteiger partial charge in [0.05, 0.1) is 22.1 Å². The van der Waals surface area contributed by atoms with Crippen molar-refractivity contribution in [3.63, 3.8) is 0 Å². The second-order valence-electron chi connectivity index (χ2n) is 16.1. The topological polar surface area (TPSA) is 56.7 Å². The van der Waals surface area contributed by atoms with Crippen molar-refractivity contribution >= 4 is 44.0 Å². The summed E-state index contributed by atoms with van der Waals surface area (Å²) in [6.45, 7) is 19.1. The smallest absolute Gasteiger partial charge is 0.227 e. The van der Waals surface area contributed by atoms with Crippen LogP contribution in [0, 0.1) is 12.8 Å². The average molecular weight is 677 g/mol. The highest BCUT2D eigenvalue weighted by atomic mass is 16.3. The summed E-state index contributed by atoms with van der Waals surface area (Å²) in [7, 11) is 0. The highest BCUT2D eigenvalue weighted by Gasteiger charge is 2.26. The summed E-state index contributed by atoms with van der Waals surface area (Å²) in [6, 6.07) is 24.5. The van der Waals surface area contributed by atoms with Gasteiger partial charge in [-0.15, -0.1) is 0 Å². The standard InChI is InChI=1S/C46H52N4O/c1-26(2)33-24-38(27(3)4)34(39(25-33)28(5)6)22-23-50-43-41(20-18-32-17-16-29(7)47-42(32)43)48-45(50)37-15-11-14-35-36-19-21-40(49-46(36)51-44(35)37)30(8)31-12-9-10-13-31/h11,14-21,24-28,30-31H,9-10,12-13,22-23H2,1-8H3. The first-order valence-corrected chi connectivity index (χ1v) is 19.3. The Morgan fingerprint density at radius 1 is 0.765 bits per heavy atom. The van der Waals surface area contributed by atoms with Crippen molar-refractivity contribution in [2.75, 3.05) is 0 Å². The number of hydrogen-bond acceptors (Lipinski definition) is 4. The molecule has 1 aliphatic carbocycles. The zero-order chi connectivity index (χ0) is 35.6. The number of nitrogens with zero attached hydrogens (tertiary/aromatic N) is 4. The normalized spacial score (nSPS) is 14.9. The Kier molecular flexibility index (Phi) is 8.72. The van der Waals surface area contributed by atoms with Crippen molar-refractivity contribution < 1.29 is 4.42 Å². The molecule has 1 aliphatic rings. The zero-order valence-electron chi connectivity index (χ0n) is 31.7. The number of fused-ring (bicyclic) bond motifs is 6. The van der Waals surface area contributed by atoms with E-state index in [4.69, 9.17) is 19.4 Å². The molecule has 1 atom stereocenters. The van der Waals surface area contributed by atoms with Crippen LogP contribution < -0.4 is 0 Å². The maximum atomic E-state index is 6.77. The summed E-state index contributed by atoms with van der Waals surface area (Å²) in [5.74, 6) is 3.40. The van der Waals surface area contributed by atoms with Gasteiger partial charge >= 0.3 is 0 Å². The highest BCUT2D eigenvalue weighted by molar-refractivity contribution is 6.09. The van der Waals surface area contributed by atoms with Gasteiger partial charge in [0, 0.05) is 40.0 Å². The lowest BCUT2D eigenvalue weighted by Crippen LogP contribution is -2.11. The Morgan fingerprint density at radius 2 is 1.49 bits per heavy atom. The summed E-state index contributed by atoms with van der Waals surface area (Å²) < 4.78 is 9.20. The quantitative estimate of drug-likeness (QED) is 0.153. The van der Waals surface area contributed by atoms with Gasteiger partial charge in [0.15, 0.2) is 0 Å². The molecule has 0 bridgehead atoms. The van der Waals surface area contributed by atoms with E-state index in [2.05, 4.69) is 127 Å². The lowest BCUT2D eigenvalue weighted by Gasteiger charge is -2.23. The van der Waals surface area contributed by atoms with E-state index in [0.717, 1.165) is 79.7 Å². The molecule has 4 aromatic heterocycles. The molecular formula is C46H52N4O. The first kappa shape index (κ1) is 33.6. The molecule has 1 fully saturated rings. The Hall–Kier alpha value is -4.51. The number of aryl methyl sites for hydroxylation is 2. The van der Waals surface area contributed by atoms with Crippen molar-refractivity contribution in [1.29, 1.82) is 0 Å². The molecule has 5 heteroatoms. The third-order valence-corrected chi connectivity index (χ3v) is 11.7. The number of para-hydroxylation sites is 1. The Balaban J connectivity index is 1.31. The predicted octanol–water partition coefficient (Wildman–Crippen LogP) is 12.8. The van der Waals surface area contributed by atoms with Crippen LogP contribution in [0.15, 0.2) is 71.1 Å². The van der Waals surface area contributed by atoms with Gasteiger partial charge in [-0.05, 0) is 102 Å². The summed E-state index contributed by atoms with van der Waals surface area (Å²) in [5.41, 5.74) is 13.6. The molecule has 262 valence electrons. The van der Waals surface area contributed by atoms with Gasteiger partial charge in [-0.2, -0.15) is 0 Å². The van der Waals surface area contributed by atoms with Crippen molar-refractivity contribution in [1.82, 2.24) is 19.5 Å². The van der Waals surface area contributed by atoms with Gasteiger partial charge in [0.25, 0.3) is 0 Å². The molecule has 1 saturated carbocycles. The van der Waals surface area contributed by atoms with E-state index < -0.39 is 0 Å². The van der Waals surface area contributed by atoms with Crippen LogP contribution in [0.4, 0.5) is 0 Å². The van der Waals surface area contributed by atoms with E-state index in [9.17, 15) is 0 Å². The predicted molar refractivity (Wildman–Crippen MR) is 213 cm³/mol. The van der Waals surface area contributed by atoms with Gasteiger partial charge < -0.3 is 8.98 Å². The van der Waals surface area contributed by atoms with Crippen LogP contribution in [0.3, 0.4) is 0 Å². The lowest BCUT2D eigenvalue weighted by molar-refractivity contribution is 0.452. The fourth-order valence-corrected chi connectivity index (χ4v) is 8.76. The van der Waals surface area contributed by atoms with Crippen LogP contribution in [0.5, 0.6) is 0 Å². The van der Waals surface area contributed by atoms with Crippen molar-refractivity contribution in [3.05, 3.63) is 100 Å². The minimum absolute atomic E-state index is 0.429. The van der Waals surface area contributed by atoms with Crippen molar-refractivity contribution in [2.24, 2.45) is 5.92 Å². The van der Waals surface area contributed by atoms with E-state index in [1.807, 2.05) is 0 Å². The van der Waals surface area contributed by atoms with E-state index in [1.165, 1.54) is 47.9 Å². The fraction of sp³-hybridized carbons (Fsp3) is 0.413. The maximum absolute atomic E-state index is 6.77. The summed E-state index contributed by atoms with van der Waals surface area (Å²) in [5, 5.41) is 3.27. The number of aromatic nitrogens is 4. The molecular weight excluding hydrogens is 625 g/mol. The van der Waals surface area contributed by atoms with Crippen LogP contribution in [0.25, 0.3) is 55.4 Å². The molecule has 8 rings (SSSR count). The maximum Gasteiger partial charge on any atom is 0.227 e. The first-order valence-electron chi connectivity index (χ1n) is 19.3. The lowest BCUT2D eigenvalue weighted by atomic mass is 9.83. The number of imidazole rings is 1. The minimum atomic E-state index is 0.429. The molecule has 1 unspecified atom stereocenters. The number of furan rings is 1. The zero-order valence-corrected chi connectivity index (χ0v) is 31.7. The molecule has 4 heterocycles. The summed E-state index contributed by atoms with van der Waals surface area (Å²) >= 11 is 0. The van der Waals surface area contributed by atoms with E-state index in [0.29, 0.717) is 29.6 Å². The first-order chi connectivity index (χ1) is 24.6. The summed E-state index contributed by atoms with van der Waals surface area (Å²) in [4.78, 5) is 15.7. The number of benzene rings is 3. The van der Waals surface area contributed by atoms with Crippen LogP contribution in [0.1, 0.15) is 131 Å². The second-order valence-corrected chi connectivity index (χ2v) is 16.1. The Morgan fingerprint density at radius 3 is 2.20 bits per heavy atom. The van der Waals surface area contributed by atoms with Gasteiger partial charge in [-0.3, -0.25) is 4.98 Å². The SMILES string of the molecule is Cc1ccc2ccc3nc(-c4cccc5c4oc4nc(C(C)C6CCCC6)ccc45)n(CCc4c(C(C)C)cc(C(C)C)cc4C(C)C)c3c2n1. The average Bonchev–Trinajstić information content (AvgIpc) is 3.87.